The molecule has 0 spiro atoms. The van der Waals surface area contributed by atoms with E-state index >= 15 is 0 Å². The number of nitrogens with one attached hydrogen (secondary N) is 1. The molecule has 6 nitrogen and oxygen atoms in total. The molecule has 7 heteroatoms. The highest BCUT2D eigenvalue weighted by atomic mass is 32.2. The van der Waals surface area contributed by atoms with Gasteiger partial charge in [-0.2, -0.15) is 15.0 Å². The molecule has 0 aliphatic heterocycles. The molecule has 0 radical (unpaired) electrons. The molecule has 0 aliphatic rings. The highest BCUT2D eigenvalue weighted by Gasteiger charge is 2.16. The fourth-order valence-corrected chi connectivity index (χ4v) is 4.04. The quantitative estimate of drug-likeness (QED) is 0.470. The average Bonchev–Trinajstić information content (AvgIpc) is 2.68. The lowest BCUT2D eigenvalue weighted by molar-refractivity contribution is 0.896. The van der Waals surface area contributed by atoms with Crippen LogP contribution in [0.3, 0.4) is 0 Å². The van der Waals surface area contributed by atoms with Gasteiger partial charge < -0.3 is 11.1 Å². The van der Waals surface area contributed by atoms with E-state index < -0.39 is 0 Å². The van der Waals surface area contributed by atoms with E-state index in [0.717, 1.165) is 27.2 Å². The maximum Gasteiger partial charge on any atom is 0.232 e. The summed E-state index contributed by atoms with van der Waals surface area (Å²) >= 11 is 1.69. The summed E-state index contributed by atoms with van der Waals surface area (Å²) in [5.41, 5.74) is 8.80. The summed E-state index contributed by atoms with van der Waals surface area (Å²) in [6.07, 6.45) is 0. The molecule has 0 saturated carbocycles. The lowest BCUT2D eigenvalue weighted by atomic mass is 10.2. The van der Waals surface area contributed by atoms with Crippen LogP contribution in [0, 0.1) is 6.92 Å². The second-order valence-corrected chi connectivity index (χ2v) is 7.79. The van der Waals surface area contributed by atoms with Crippen molar-refractivity contribution < 1.29 is 0 Å². The van der Waals surface area contributed by atoms with E-state index in [1.807, 2.05) is 55.5 Å². The molecule has 0 amide bonds. The molecule has 1 unspecified atom stereocenters. The molecule has 0 bridgehead atoms. The number of hydrogen-bond acceptors (Lipinski definition) is 7. The Hall–Kier alpha value is -3.19. The van der Waals surface area contributed by atoms with Crippen LogP contribution in [-0.4, -0.2) is 19.9 Å². The molecular formula is C21H20N6S. The normalized spacial score (nSPS) is 12.1. The zero-order valence-electron chi connectivity index (χ0n) is 15.6. The number of nitrogens with two attached hydrogens (primary N) is 1. The molecule has 2 heterocycles. The van der Waals surface area contributed by atoms with E-state index in [4.69, 9.17) is 5.73 Å². The van der Waals surface area contributed by atoms with Crippen LogP contribution in [0.15, 0.2) is 65.6 Å². The standard InChI is InChI=1S/C21H20N6S/c1-13-12-18(16-10-6-7-11-17(16)23-13)28-14(2)19-25-20(22)27-21(26-19)24-15-8-4-3-5-9-15/h3-12,14H,1-2H3,(H3,22,24,25,26,27). The SMILES string of the molecule is Cc1cc(SC(C)c2nc(N)nc(Nc3ccccc3)n2)c2ccccc2n1. The van der Waals surface area contributed by atoms with Crippen LogP contribution in [0.1, 0.15) is 23.7 Å². The highest BCUT2D eigenvalue weighted by molar-refractivity contribution is 7.99. The first-order chi connectivity index (χ1) is 13.6. The van der Waals surface area contributed by atoms with Crippen molar-refractivity contribution in [1.82, 2.24) is 19.9 Å². The fraction of sp³-hybridized carbons (Fsp3) is 0.143. The van der Waals surface area contributed by atoms with Crippen LogP contribution in [0.4, 0.5) is 17.6 Å². The van der Waals surface area contributed by atoms with Crippen molar-refractivity contribution in [3.8, 4) is 0 Å². The van der Waals surface area contributed by atoms with Crippen LogP contribution >= 0.6 is 11.8 Å². The van der Waals surface area contributed by atoms with Gasteiger partial charge in [0.1, 0.15) is 5.82 Å². The summed E-state index contributed by atoms with van der Waals surface area (Å²) in [6, 6.07) is 20.0. The lowest BCUT2D eigenvalue weighted by Crippen LogP contribution is -2.08. The molecule has 4 aromatic rings. The number of aryl methyl sites for hydroxylation is 1. The monoisotopic (exact) mass is 388 g/mol. The van der Waals surface area contributed by atoms with Crippen molar-refractivity contribution in [3.63, 3.8) is 0 Å². The van der Waals surface area contributed by atoms with Crippen molar-refractivity contribution in [2.75, 3.05) is 11.1 Å². The van der Waals surface area contributed by atoms with Gasteiger partial charge in [-0.3, -0.25) is 4.98 Å². The molecule has 0 saturated heterocycles. The third-order valence-electron chi connectivity index (χ3n) is 4.17. The van der Waals surface area contributed by atoms with Gasteiger partial charge in [-0.25, -0.2) is 0 Å². The summed E-state index contributed by atoms with van der Waals surface area (Å²) in [6.45, 7) is 4.07. The summed E-state index contributed by atoms with van der Waals surface area (Å²) < 4.78 is 0. The molecule has 1 atom stereocenters. The van der Waals surface area contributed by atoms with Crippen LogP contribution < -0.4 is 11.1 Å². The first-order valence-electron chi connectivity index (χ1n) is 8.95. The number of benzene rings is 2. The van der Waals surface area contributed by atoms with Crippen molar-refractivity contribution >= 4 is 40.2 Å². The van der Waals surface area contributed by atoms with Gasteiger partial charge in [0.2, 0.25) is 11.9 Å². The Bertz CT molecular complexity index is 1120. The number of hydrogen-bond donors (Lipinski definition) is 2. The average molecular weight is 389 g/mol. The maximum atomic E-state index is 5.94. The molecule has 3 N–H and O–H groups in total. The van der Waals surface area contributed by atoms with Gasteiger partial charge in [0, 0.05) is 21.7 Å². The predicted molar refractivity (Wildman–Crippen MR) is 115 cm³/mol. The van der Waals surface area contributed by atoms with Gasteiger partial charge in [0.05, 0.1) is 10.8 Å². The van der Waals surface area contributed by atoms with Crippen molar-refractivity contribution in [2.24, 2.45) is 0 Å². The number of thioether (sulfide) groups is 1. The molecule has 4 rings (SSSR count). The van der Waals surface area contributed by atoms with Crippen molar-refractivity contribution in [2.45, 2.75) is 24.0 Å². The van der Waals surface area contributed by atoms with E-state index in [2.05, 4.69) is 44.3 Å². The van der Waals surface area contributed by atoms with Gasteiger partial charge >= 0.3 is 0 Å². The van der Waals surface area contributed by atoms with Crippen molar-refractivity contribution in [3.05, 3.63) is 72.2 Å². The van der Waals surface area contributed by atoms with E-state index in [-0.39, 0.29) is 11.2 Å². The van der Waals surface area contributed by atoms with E-state index in [1.165, 1.54) is 0 Å². The largest absolute Gasteiger partial charge is 0.368 e. The van der Waals surface area contributed by atoms with Crippen molar-refractivity contribution in [1.29, 1.82) is 0 Å². The van der Waals surface area contributed by atoms with Gasteiger partial charge in [0.15, 0.2) is 0 Å². The molecule has 140 valence electrons. The third-order valence-corrected chi connectivity index (χ3v) is 5.33. The van der Waals surface area contributed by atoms with Crippen LogP contribution in [-0.2, 0) is 0 Å². The lowest BCUT2D eigenvalue weighted by Gasteiger charge is -2.14. The second-order valence-electron chi connectivity index (χ2n) is 6.41. The highest BCUT2D eigenvalue weighted by Crippen LogP contribution is 2.37. The molecule has 28 heavy (non-hydrogen) atoms. The van der Waals surface area contributed by atoms with E-state index in [0.29, 0.717) is 11.8 Å². The Morgan fingerprint density at radius 2 is 1.68 bits per heavy atom. The maximum absolute atomic E-state index is 5.94. The Balaban J connectivity index is 1.63. The Kier molecular flexibility index (Phi) is 5.08. The number of anilines is 3. The minimum absolute atomic E-state index is 0.00757. The summed E-state index contributed by atoms with van der Waals surface area (Å²) in [4.78, 5) is 18.9. The predicted octanol–water partition coefficient (Wildman–Crippen LogP) is 4.91. The number of aromatic nitrogens is 4. The van der Waals surface area contributed by atoms with Gasteiger partial charge in [-0.15, -0.1) is 11.8 Å². The number of fused-ring (bicyclic) bond motifs is 1. The van der Waals surface area contributed by atoms with Gasteiger partial charge in [-0.05, 0) is 38.1 Å². The number of nitrogen functional groups attached to an aromatic ring is 1. The topological polar surface area (TPSA) is 89.6 Å². The number of nitrogens with zero attached hydrogens (tertiary/aromatic N) is 4. The Labute approximate surface area is 167 Å². The fourth-order valence-electron chi connectivity index (χ4n) is 2.91. The summed E-state index contributed by atoms with van der Waals surface area (Å²) in [7, 11) is 0. The summed E-state index contributed by atoms with van der Waals surface area (Å²) in [5.74, 6) is 1.28. The Morgan fingerprint density at radius 1 is 0.929 bits per heavy atom. The Morgan fingerprint density at radius 3 is 2.50 bits per heavy atom. The van der Waals surface area contributed by atoms with Crippen LogP contribution in [0.25, 0.3) is 10.9 Å². The molecular weight excluding hydrogens is 368 g/mol. The van der Waals surface area contributed by atoms with Crippen LogP contribution in [0.2, 0.25) is 0 Å². The van der Waals surface area contributed by atoms with E-state index in [9.17, 15) is 0 Å². The van der Waals surface area contributed by atoms with E-state index in [1.54, 1.807) is 11.8 Å². The molecule has 0 fully saturated rings. The smallest absolute Gasteiger partial charge is 0.232 e. The zero-order chi connectivity index (χ0) is 19.5. The second kappa shape index (κ2) is 7.82. The molecule has 0 aliphatic carbocycles. The minimum atomic E-state index is -0.00757. The number of pyridine rings is 1. The first-order valence-corrected chi connectivity index (χ1v) is 9.83. The summed E-state index contributed by atoms with van der Waals surface area (Å²) in [5, 5.41) is 4.29. The molecule has 2 aromatic carbocycles. The van der Waals surface area contributed by atoms with Crippen LogP contribution in [0.5, 0.6) is 0 Å². The zero-order valence-corrected chi connectivity index (χ0v) is 16.4. The van der Waals surface area contributed by atoms with Gasteiger partial charge in [-0.1, -0.05) is 36.4 Å². The third kappa shape index (κ3) is 4.04. The minimum Gasteiger partial charge on any atom is -0.368 e. The van der Waals surface area contributed by atoms with Gasteiger partial charge in [0.25, 0.3) is 0 Å². The molecule has 2 aromatic heterocycles. The number of rotatable bonds is 5. The number of para-hydroxylation sites is 2. The first kappa shape index (κ1) is 18.2.